The highest BCUT2D eigenvalue weighted by atomic mass is 35.5. The molecule has 0 radical (unpaired) electrons. The molecule has 0 spiro atoms. The van der Waals surface area contributed by atoms with E-state index >= 15 is 0 Å². The Hall–Kier alpha value is -1.35. The number of halogens is 5. The molecule has 1 saturated carbocycles. The highest BCUT2D eigenvalue weighted by molar-refractivity contribution is 5.85. The van der Waals surface area contributed by atoms with Crippen molar-refractivity contribution in [1.82, 2.24) is 19.7 Å². The van der Waals surface area contributed by atoms with E-state index in [-0.39, 0.29) is 36.8 Å². The standard InChI is InChI=1S/C20H26F3N5.2ClH/c1-14-3-2-4-15(11-14)19(13-24)7-5-16(6-8-19)27-9-10-28-17(12-27)25-26-18(28)20(21,22)23;;/h2-4,11,16H,5-10,12-13,24H2,1H3;2*1H. The Bertz CT molecular complexity index is 847. The molecule has 0 unspecified atom stereocenters. The summed E-state index contributed by atoms with van der Waals surface area (Å²) in [4.78, 5) is 2.26. The van der Waals surface area contributed by atoms with Gasteiger partial charge in [-0.3, -0.25) is 4.90 Å². The molecule has 2 aliphatic rings. The van der Waals surface area contributed by atoms with Gasteiger partial charge in [-0.2, -0.15) is 13.2 Å². The van der Waals surface area contributed by atoms with Crippen molar-refractivity contribution in [3.05, 3.63) is 47.0 Å². The van der Waals surface area contributed by atoms with Gasteiger partial charge in [0.15, 0.2) is 0 Å². The number of alkyl halides is 3. The van der Waals surface area contributed by atoms with Crippen molar-refractivity contribution >= 4 is 24.8 Å². The summed E-state index contributed by atoms with van der Waals surface area (Å²) in [7, 11) is 0. The minimum absolute atomic E-state index is 0. The van der Waals surface area contributed by atoms with Crippen LogP contribution in [0.25, 0.3) is 0 Å². The summed E-state index contributed by atoms with van der Waals surface area (Å²) in [6.45, 7) is 4.02. The number of rotatable bonds is 3. The fourth-order valence-corrected chi connectivity index (χ4v) is 4.80. The second-order valence-corrected chi connectivity index (χ2v) is 8.14. The summed E-state index contributed by atoms with van der Waals surface area (Å²) in [5.74, 6) is -0.472. The first-order valence-corrected chi connectivity index (χ1v) is 9.83. The van der Waals surface area contributed by atoms with E-state index in [4.69, 9.17) is 5.73 Å². The Morgan fingerprint density at radius 2 is 1.83 bits per heavy atom. The number of nitrogens with two attached hydrogens (primary N) is 1. The van der Waals surface area contributed by atoms with E-state index in [1.54, 1.807) is 0 Å². The Morgan fingerprint density at radius 1 is 1.13 bits per heavy atom. The Labute approximate surface area is 187 Å². The Kier molecular flexibility index (Phi) is 7.83. The molecule has 1 aliphatic carbocycles. The molecule has 10 heteroatoms. The number of nitrogens with zero attached hydrogens (tertiary/aromatic N) is 4. The van der Waals surface area contributed by atoms with Gasteiger partial charge in [0.05, 0.1) is 6.54 Å². The van der Waals surface area contributed by atoms with Gasteiger partial charge in [-0.15, -0.1) is 35.0 Å². The van der Waals surface area contributed by atoms with Crippen LogP contribution < -0.4 is 5.73 Å². The number of aryl methyl sites for hydroxylation is 1. The molecule has 30 heavy (non-hydrogen) atoms. The van der Waals surface area contributed by atoms with Crippen LogP contribution in [0.1, 0.15) is 48.5 Å². The minimum Gasteiger partial charge on any atom is -0.330 e. The molecule has 1 aromatic heterocycles. The van der Waals surface area contributed by atoms with Crippen molar-refractivity contribution in [1.29, 1.82) is 0 Å². The first-order chi connectivity index (χ1) is 13.3. The van der Waals surface area contributed by atoms with Crippen LogP contribution in [-0.2, 0) is 24.7 Å². The lowest BCUT2D eigenvalue weighted by Crippen LogP contribution is -2.47. The van der Waals surface area contributed by atoms with E-state index in [9.17, 15) is 13.2 Å². The lowest BCUT2D eigenvalue weighted by atomic mass is 9.67. The Morgan fingerprint density at radius 3 is 2.43 bits per heavy atom. The largest absolute Gasteiger partial charge is 0.451 e. The third kappa shape index (κ3) is 4.61. The molecule has 5 nitrogen and oxygen atoms in total. The van der Waals surface area contributed by atoms with Crippen molar-refractivity contribution in [3.63, 3.8) is 0 Å². The number of aromatic nitrogens is 3. The molecule has 2 heterocycles. The van der Waals surface area contributed by atoms with Gasteiger partial charge in [-0.05, 0) is 38.2 Å². The van der Waals surface area contributed by atoms with Gasteiger partial charge in [0, 0.05) is 31.1 Å². The summed E-state index contributed by atoms with van der Waals surface area (Å²) in [5, 5.41) is 7.18. The topological polar surface area (TPSA) is 60.0 Å². The van der Waals surface area contributed by atoms with Gasteiger partial charge in [0.2, 0.25) is 5.82 Å². The van der Waals surface area contributed by atoms with Crippen LogP contribution in [-0.4, -0.2) is 38.8 Å². The maximum atomic E-state index is 13.0. The van der Waals surface area contributed by atoms with Crippen LogP contribution in [0.15, 0.2) is 24.3 Å². The summed E-state index contributed by atoms with van der Waals surface area (Å²) in [5.41, 5.74) is 8.76. The molecule has 2 N–H and O–H groups in total. The van der Waals surface area contributed by atoms with Crippen molar-refractivity contribution in [2.75, 3.05) is 13.1 Å². The summed E-state index contributed by atoms with van der Waals surface area (Å²) in [6, 6.07) is 8.93. The van der Waals surface area contributed by atoms with Crippen LogP contribution in [0.3, 0.4) is 0 Å². The van der Waals surface area contributed by atoms with E-state index in [2.05, 4.69) is 46.3 Å². The van der Waals surface area contributed by atoms with E-state index in [1.165, 1.54) is 15.7 Å². The second-order valence-electron chi connectivity index (χ2n) is 8.14. The van der Waals surface area contributed by atoms with Crippen LogP contribution in [0.5, 0.6) is 0 Å². The molecular formula is C20H28Cl2F3N5. The van der Waals surface area contributed by atoms with E-state index < -0.39 is 12.0 Å². The van der Waals surface area contributed by atoms with Crippen molar-refractivity contribution in [2.45, 2.75) is 63.3 Å². The normalized spacial score (nSPS) is 24.5. The third-order valence-corrected chi connectivity index (χ3v) is 6.49. The number of benzene rings is 1. The predicted molar refractivity (Wildman–Crippen MR) is 114 cm³/mol. The zero-order valence-corrected chi connectivity index (χ0v) is 18.5. The van der Waals surface area contributed by atoms with Crippen molar-refractivity contribution in [2.24, 2.45) is 5.73 Å². The van der Waals surface area contributed by atoms with Crippen molar-refractivity contribution < 1.29 is 13.2 Å². The summed E-state index contributed by atoms with van der Waals surface area (Å²) in [6.07, 6.45) is -0.479. The smallest absolute Gasteiger partial charge is 0.330 e. The first-order valence-electron chi connectivity index (χ1n) is 9.83. The molecule has 0 amide bonds. The molecule has 1 aliphatic heterocycles. The highest BCUT2D eigenvalue weighted by Crippen LogP contribution is 2.41. The van der Waals surface area contributed by atoms with E-state index in [1.807, 2.05) is 0 Å². The zero-order valence-electron chi connectivity index (χ0n) is 16.9. The fraction of sp³-hybridized carbons (Fsp3) is 0.600. The summed E-state index contributed by atoms with van der Waals surface area (Å²) >= 11 is 0. The third-order valence-electron chi connectivity index (χ3n) is 6.49. The lowest BCUT2D eigenvalue weighted by Gasteiger charge is -2.44. The quantitative estimate of drug-likeness (QED) is 0.740. The predicted octanol–water partition coefficient (Wildman–Crippen LogP) is 4.10. The SMILES string of the molecule is Cc1cccc(C2(CN)CCC(N3CCn4c(nnc4C(F)(F)F)C3)CC2)c1.Cl.Cl. The molecule has 0 bridgehead atoms. The monoisotopic (exact) mass is 465 g/mol. The molecule has 1 fully saturated rings. The fourth-order valence-electron chi connectivity index (χ4n) is 4.80. The van der Waals surface area contributed by atoms with E-state index in [0.29, 0.717) is 31.5 Å². The molecule has 4 rings (SSSR count). The highest BCUT2D eigenvalue weighted by Gasteiger charge is 2.41. The zero-order chi connectivity index (χ0) is 19.9. The average molecular weight is 466 g/mol. The molecule has 168 valence electrons. The average Bonchev–Trinajstić information content (AvgIpc) is 3.12. The van der Waals surface area contributed by atoms with Crippen LogP contribution >= 0.6 is 24.8 Å². The number of hydrogen-bond acceptors (Lipinski definition) is 4. The van der Waals surface area contributed by atoms with Gasteiger partial charge in [-0.1, -0.05) is 29.8 Å². The van der Waals surface area contributed by atoms with Gasteiger partial charge in [0.1, 0.15) is 5.82 Å². The number of hydrogen-bond donors (Lipinski definition) is 1. The molecular weight excluding hydrogens is 438 g/mol. The molecule has 0 atom stereocenters. The maximum absolute atomic E-state index is 13.0. The second kappa shape index (κ2) is 9.42. The van der Waals surface area contributed by atoms with Gasteiger partial charge < -0.3 is 10.3 Å². The molecule has 2 aromatic rings. The summed E-state index contributed by atoms with van der Waals surface area (Å²) < 4.78 is 40.3. The van der Waals surface area contributed by atoms with E-state index in [0.717, 1.165) is 25.7 Å². The lowest BCUT2D eigenvalue weighted by molar-refractivity contribution is -0.148. The van der Waals surface area contributed by atoms with Crippen LogP contribution in [0, 0.1) is 6.92 Å². The minimum atomic E-state index is -4.45. The Balaban J connectivity index is 0.00000160. The van der Waals surface area contributed by atoms with Gasteiger partial charge >= 0.3 is 6.18 Å². The van der Waals surface area contributed by atoms with Crippen LogP contribution in [0.2, 0.25) is 0 Å². The van der Waals surface area contributed by atoms with Crippen molar-refractivity contribution in [3.8, 4) is 0 Å². The van der Waals surface area contributed by atoms with Crippen LogP contribution in [0.4, 0.5) is 13.2 Å². The maximum Gasteiger partial charge on any atom is 0.451 e. The van der Waals surface area contributed by atoms with Gasteiger partial charge in [0.25, 0.3) is 0 Å². The first kappa shape index (κ1) is 24.9. The van der Waals surface area contributed by atoms with Gasteiger partial charge in [-0.25, -0.2) is 0 Å². The number of fused-ring (bicyclic) bond motifs is 1. The molecule has 0 saturated heterocycles. The molecule has 1 aromatic carbocycles.